The number of anilines is 3. The first-order valence-corrected chi connectivity index (χ1v) is 11.7. The van der Waals surface area contributed by atoms with E-state index in [4.69, 9.17) is 9.47 Å². The van der Waals surface area contributed by atoms with Crippen LogP contribution >= 0.6 is 11.3 Å². The normalized spacial score (nSPS) is 10.7. The highest BCUT2D eigenvalue weighted by atomic mass is 32.1. The van der Waals surface area contributed by atoms with Gasteiger partial charge in [0.05, 0.1) is 31.0 Å². The number of aromatic nitrogens is 2. The van der Waals surface area contributed by atoms with Crippen LogP contribution in [0.5, 0.6) is 11.5 Å². The average molecular weight is 483 g/mol. The summed E-state index contributed by atoms with van der Waals surface area (Å²) >= 11 is 1.56. The van der Waals surface area contributed by atoms with Gasteiger partial charge in [-0.1, -0.05) is 48.5 Å². The van der Waals surface area contributed by atoms with Crippen molar-refractivity contribution in [2.75, 3.05) is 24.9 Å². The Morgan fingerprint density at radius 3 is 2.23 bits per heavy atom. The average Bonchev–Trinajstić information content (AvgIpc) is 3.35. The Hall–Kier alpha value is -4.43. The molecular weight excluding hydrogens is 460 g/mol. The number of ether oxygens (including phenoxy) is 2. The van der Waals surface area contributed by atoms with Crippen molar-refractivity contribution in [2.45, 2.75) is 0 Å². The maximum absolute atomic E-state index is 12.7. The van der Waals surface area contributed by atoms with E-state index < -0.39 is 0 Å². The molecule has 3 aromatic carbocycles. The number of hydrogen-bond acceptors (Lipinski definition) is 7. The first-order valence-electron chi connectivity index (χ1n) is 10.8. The molecule has 0 unspecified atom stereocenters. The second kappa shape index (κ2) is 9.82. The van der Waals surface area contributed by atoms with E-state index in [0.717, 1.165) is 21.3 Å². The van der Waals surface area contributed by atoms with Gasteiger partial charge in [0.1, 0.15) is 28.5 Å². The van der Waals surface area contributed by atoms with Gasteiger partial charge in [0.25, 0.3) is 5.91 Å². The SMILES string of the molecule is COc1cc(Nc2ncnc3scc(-c4ccccc4)c23)c(OC)cc1NC(=O)c1ccccc1. The molecule has 174 valence electrons. The fraction of sp³-hybridized carbons (Fsp3) is 0.0741. The molecule has 5 rings (SSSR count). The lowest BCUT2D eigenvalue weighted by Gasteiger charge is -2.17. The number of nitrogens with zero attached hydrogens (tertiary/aromatic N) is 2. The zero-order valence-electron chi connectivity index (χ0n) is 19.1. The van der Waals surface area contributed by atoms with Crippen molar-refractivity contribution in [2.24, 2.45) is 0 Å². The lowest BCUT2D eigenvalue weighted by Crippen LogP contribution is -2.13. The van der Waals surface area contributed by atoms with Crippen LogP contribution in [0.4, 0.5) is 17.2 Å². The number of carbonyl (C=O) groups excluding carboxylic acids is 1. The summed E-state index contributed by atoms with van der Waals surface area (Å²) < 4.78 is 11.2. The maximum Gasteiger partial charge on any atom is 0.255 e. The van der Waals surface area contributed by atoms with Gasteiger partial charge in [-0.15, -0.1) is 11.3 Å². The molecule has 35 heavy (non-hydrogen) atoms. The van der Waals surface area contributed by atoms with Crippen LogP contribution in [0.25, 0.3) is 21.3 Å². The predicted octanol–water partition coefficient (Wildman–Crippen LogP) is 6.37. The molecule has 0 atom stereocenters. The van der Waals surface area contributed by atoms with Crippen LogP contribution in [0.2, 0.25) is 0 Å². The molecule has 0 aliphatic rings. The van der Waals surface area contributed by atoms with E-state index in [9.17, 15) is 4.79 Å². The van der Waals surface area contributed by atoms with Crippen molar-refractivity contribution in [3.8, 4) is 22.6 Å². The second-order valence-corrected chi connectivity index (χ2v) is 8.47. The Bertz CT molecular complexity index is 1490. The number of amides is 1. The van der Waals surface area contributed by atoms with Crippen LogP contribution in [-0.2, 0) is 0 Å². The van der Waals surface area contributed by atoms with Crippen molar-refractivity contribution < 1.29 is 14.3 Å². The summed E-state index contributed by atoms with van der Waals surface area (Å²) in [5.41, 5.74) is 3.82. The fourth-order valence-electron chi connectivity index (χ4n) is 3.80. The van der Waals surface area contributed by atoms with Crippen LogP contribution < -0.4 is 20.1 Å². The highest BCUT2D eigenvalue weighted by Gasteiger charge is 2.18. The van der Waals surface area contributed by atoms with E-state index in [2.05, 4.69) is 38.1 Å². The topological polar surface area (TPSA) is 85.4 Å². The van der Waals surface area contributed by atoms with E-state index in [1.54, 1.807) is 49.8 Å². The van der Waals surface area contributed by atoms with Gasteiger partial charge in [0.2, 0.25) is 0 Å². The highest BCUT2D eigenvalue weighted by molar-refractivity contribution is 7.17. The monoisotopic (exact) mass is 482 g/mol. The Morgan fingerprint density at radius 2 is 1.51 bits per heavy atom. The number of carbonyl (C=O) groups is 1. The predicted molar refractivity (Wildman–Crippen MR) is 140 cm³/mol. The molecule has 0 radical (unpaired) electrons. The third-order valence-corrected chi connectivity index (χ3v) is 6.40. The minimum Gasteiger partial charge on any atom is -0.494 e. The minimum atomic E-state index is -0.241. The van der Waals surface area contributed by atoms with Crippen molar-refractivity contribution in [1.29, 1.82) is 0 Å². The molecule has 0 bridgehead atoms. The van der Waals surface area contributed by atoms with Crippen molar-refractivity contribution in [3.05, 3.63) is 90.1 Å². The summed E-state index contributed by atoms with van der Waals surface area (Å²) in [6.45, 7) is 0. The summed E-state index contributed by atoms with van der Waals surface area (Å²) in [4.78, 5) is 22.5. The summed E-state index contributed by atoms with van der Waals surface area (Å²) in [7, 11) is 3.13. The molecule has 0 spiro atoms. The van der Waals surface area contributed by atoms with Gasteiger partial charge < -0.3 is 20.1 Å². The number of hydrogen-bond donors (Lipinski definition) is 2. The standard InChI is InChI=1S/C27H22N4O3S/c1-33-22-14-21(31-26(32)18-11-7-4-8-12-18)23(34-2)13-20(22)30-25-24-19(17-9-5-3-6-10-17)15-35-27(24)29-16-28-25/h3-16H,1-2H3,(H,31,32)(H,28,29,30). The molecule has 2 N–H and O–H groups in total. The Kier molecular flexibility index (Phi) is 6.28. The lowest BCUT2D eigenvalue weighted by atomic mass is 10.1. The van der Waals surface area contributed by atoms with Gasteiger partial charge in [-0.05, 0) is 17.7 Å². The van der Waals surface area contributed by atoms with Crippen LogP contribution in [0.1, 0.15) is 10.4 Å². The number of nitrogens with one attached hydrogen (secondary N) is 2. The van der Waals surface area contributed by atoms with E-state index in [1.165, 1.54) is 6.33 Å². The van der Waals surface area contributed by atoms with Crippen molar-refractivity contribution in [3.63, 3.8) is 0 Å². The first kappa shape index (κ1) is 22.4. The first-order chi connectivity index (χ1) is 17.2. The quantitative estimate of drug-likeness (QED) is 0.280. The molecule has 2 heterocycles. The third-order valence-electron chi connectivity index (χ3n) is 5.51. The van der Waals surface area contributed by atoms with Gasteiger partial charge in [-0.3, -0.25) is 4.79 Å². The number of methoxy groups -OCH3 is 2. The highest BCUT2D eigenvalue weighted by Crippen LogP contribution is 2.41. The lowest BCUT2D eigenvalue weighted by molar-refractivity contribution is 0.102. The Morgan fingerprint density at radius 1 is 0.857 bits per heavy atom. The molecule has 8 heteroatoms. The third kappa shape index (κ3) is 4.51. The molecule has 1 amide bonds. The fourth-order valence-corrected chi connectivity index (χ4v) is 4.72. The second-order valence-electron chi connectivity index (χ2n) is 7.62. The van der Waals surface area contributed by atoms with E-state index in [0.29, 0.717) is 34.3 Å². The zero-order chi connectivity index (χ0) is 24.2. The van der Waals surface area contributed by atoms with Crippen LogP contribution in [-0.4, -0.2) is 30.1 Å². The molecule has 0 saturated heterocycles. The van der Waals surface area contributed by atoms with E-state index in [1.807, 2.05) is 36.4 Å². The molecule has 0 aliphatic carbocycles. The van der Waals surface area contributed by atoms with Gasteiger partial charge in [0.15, 0.2) is 0 Å². The van der Waals surface area contributed by atoms with E-state index >= 15 is 0 Å². The smallest absolute Gasteiger partial charge is 0.255 e. The molecular formula is C27H22N4O3S. The number of benzene rings is 3. The summed E-state index contributed by atoms with van der Waals surface area (Å²) in [5, 5.41) is 9.30. The van der Waals surface area contributed by atoms with Crippen LogP contribution in [0.15, 0.2) is 84.5 Å². The van der Waals surface area contributed by atoms with Gasteiger partial charge in [-0.25, -0.2) is 9.97 Å². The van der Waals surface area contributed by atoms with Crippen molar-refractivity contribution in [1.82, 2.24) is 9.97 Å². The van der Waals surface area contributed by atoms with Gasteiger partial charge in [-0.2, -0.15) is 0 Å². The van der Waals surface area contributed by atoms with Crippen molar-refractivity contribution >= 4 is 44.7 Å². The minimum absolute atomic E-state index is 0.241. The Balaban J connectivity index is 1.52. The molecule has 7 nitrogen and oxygen atoms in total. The largest absolute Gasteiger partial charge is 0.494 e. The number of rotatable bonds is 7. The Labute approximate surface area is 206 Å². The summed E-state index contributed by atoms with van der Waals surface area (Å²) in [5.74, 6) is 1.42. The van der Waals surface area contributed by atoms with E-state index in [-0.39, 0.29) is 5.91 Å². The molecule has 0 fully saturated rings. The molecule has 0 saturated carbocycles. The zero-order valence-corrected chi connectivity index (χ0v) is 19.9. The molecule has 2 aromatic heterocycles. The molecule has 5 aromatic rings. The van der Waals surface area contributed by atoms with Crippen LogP contribution in [0, 0.1) is 0 Å². The summed E-state index contributed by atoms with van der Waals surface area (Å²) in [6, 6.07) is 22.6. The summed E-state index contributed by atoms with van der Waals surface area (Å²) in [6.07, 6.45) is 1.54. The number of fused-ring (bicyclic) bond motifs is 1. The van der Waals surface area contributed by atoms with Crippen LogP contribution in [0.3, 0.4) is 0 Å². The van der Waals surface area contributed by atoms with Gasteiger partial charge in [0, 0.05) is 28.6 Å². The number of thiophene rings is 1. The molecule has 0 aliphatic heterocycles. The van der Waals surface area contributed by atoms with Gasteiger partial charge >= 0.3 is 0 Å². The maximum atomic E-state index is 12.7.